The van der Waals surface area contributed by atoms with Crippen LogP contribution < -0.4 is 0 Å². The van der Waals surface area contributed by atoms with Crippen LogP contribution in [0.5, 0.6) is 0 Å². The minimum Gasteiger partial charge on any atom is -0.344 e. The Morgan fingerprint density at radius 3 is 2.79 bits per heavy atom. The lowest BCUT2D eigenvalue weighted by Gasteiger charge is -2.03. The Kier molecular flexibility index (Phi) is 2.46. The van der Waals surface area contributed by atoms with Gasteiger partial charge in [-0.2, -0.15) is 0 Å². The third-order valence-corrected chi connectivity index (χ3v) is 3.15. The largest absolute Gasteiger partial charge is 0.344 e. The summed E-state index contributed by atoms with van der Waals surface area (Å²) in [7, 11) is 2.07. The number of hydrogen-bond acceptors (Lipinski definition) is 0. The molecule has 1 aromatic carbocycles. The first-order valence-electron chi connectivity index (χ1n) is 4.52. The molecule has 0 atom stereocenters. The quantitative estimate of drug-likeness (QED) is 0.718. The molecule has 0 bridgehead atoms. The van der Waals surface area contributed by atoms with Crippen molar-refractivity contribution in [2.75, 3.05) is 5.33 Å². The van der Waals surface area contributed by atoms with Crippen LogP contribution in [-0.2, 0) is 7.05 Å². The zero-order valence-corrected chi connectivity index (χ0v) is 9.71. The summed E-state index contributed by atoms with van der Waals surface area (Å²) in [6.45, 7) is 4.03. The minimum atomic E-state index is 0.817. The maximum Gasteiger partial charge on any atom is 0.0482 e. The molecular formula is C12H12BrN. The van der Waals surface area contributed by atoms with Gasteiger partial charge in [-0.15, -0.1) is 0 Å². The van der Waals surface area contributed by atoms with E-state index in [1.807, 2.05) is 0 Å². The highest BCUT2D eigenvalue weighted by Gasteiger charge is 2.06. The molecule has 0 N–H and O–H groups in total. The topological polar surface area (TPSA) is 4.93 Å². The van der Waals surface area contributed by atoms with Gasteiger partial charge in [0.2, 0.25) is 0 Å². The van der Waals surface area contributed by atoms with E-state index in [1.165, 1.54) is 16.6 Å². The van der Waals surface area contributed by atoms with E-state index in [0.717, 1.165) is 10.9 Å². The molecule has 0 aliphatic carbocycles. The molecular weight excluding hydrogens is 238 g/mol. The molecule has 72 valence electrons. The zero-order chi connectivity index (χ0) is 10.1. The number of hydrogen-bond donors (Lipinski definition) is 0. The van der Waals surface area contributed by atoms with E-state index in [1.54, 1.807) is 0 Å². The van der Waals surface area contributed by atoms with E-state index < -0.39 is 0 Å². The van der Waals surface area contributed by atoms with Crippen LogP contribution in [0, 0.1) is 0 Å². The van der Waals surface area contributed by atoms with Crippen LogP contribution in [0.15, 0.2) is 36.9 Å². The maximum atomic E-state index is 4.03. The van der Waals surface area contributed by atoms with Crippen LogP contribution in [-0.4, -0.2) is 9.90 Å². The molecule has 1 nitrogen and oxygen atoms in total. The number of para-hydroxylation sites is 1. The van der Waals surface area contributed by atoms with Crippen molar-refractivity contribution < 1.29 is 0 Å². The van der Waals surface area contributed by atoms with Gasteiger partial charge in [-0.1, -0.05) is 40.7 Å². The van der Waals surface area contributed by atoms with Gasteiger partial charge in [0.25, 0.3) is 0 Å². The molecule has 0 amide bonds. The van der Waals surface area contributed by atoms with Gasteiger partial charge in [0, 0.05) is 29.0 Å². The Hall–Kier alpha value is -1.02. The smallest absolute Gasteiger partial charge is 0.0482 e. The Balaban J connectivity index is 2.68. The number of benzene rings is 1. The molecule has 0 spiro atoms. The van der Waals surface area contributed by atoms with E-state index in [0.29, 0.717) is 0 Å². The normalized spacial score (nSPS) is 10.7. The fourth-order valence-electron chi connectivity index (χ4n) is 1.70. The molecule has 2 heteroatoms. The molecule has 14 heavy (non-hydrogen) atoms. The molecule has 2 aromatic rings. The molecule has 0 radical (unpaired) electrons. The van der Waals surface area contributed by atoms with Crippen molar-refractivity contribution in [2.24, 2.45) is 7.05 Å². The molecule has 1 heterocycles. The molecule has 0 saturated carbocycles. The third kappa shape index (κ3) is 1.40. The second-order valence-corrected chi connectivity index (χ2v) is 3.95. The van der Waals surface area contributed by atoms with Gasteiger partial charge in [0.1, 0.15) is 0 Å². The van der Waals surface area contributed by atoms with Crippen molar-refractivity contribution in [3.05, 3.63) is 42.6 Å². The average molecular weight is 250 g/mol. The Labute approximate surface area is 92.2 Å². The second-order valence-electron chi connectivity index (χ2n) is 3.38. The number of fused-ring (bicyclic) bond motifs is 1. The minimum absolute atomic E-state index is 0.817. The van der Waals surface area contributed by atoms with Crippen LogP contribution in [0.2, 0.25) is 0 Å². The van der Waals surface area contributed by atoms with Crippen LogP contribution >= 0.6 is 15.9 Å². The fourth-order valence-corrected chi connectivity index (χ4v) is 1.98. The second kappa shape index (κ2) is 3.62. The molecule has 0 fully saturated rings. The highest BCUT2D eigenvalue weighted by Crippen LogP contribution is 2.23. The van der Waals surface area contributed by atoms with Crippen LogP contribution in [0.3, 0.4) is 0 Å². The summed E-state index contributed by atoms with van der Waals surface area (Å²) < 4.78 is 2.18. The maximum absolute atomic E-state index is 4.03. The van der Waals surface area contributed by atoms with Crippen LogP contribution in [0.1, 0.15) is 5.69 Å². The van der Waals surface area contributed by atoms with Gasteiger partial charge in [-0.05, 0) is 17.7 Å². The lowest BCUT2D eigenvalue weighted by molar-refractivity contribution is 0.948. The SMILES string of the molecule is C=C(CBr)c1cc2ccccc2n1C. The van der Waals surface area contributed by atoms with E-state index >= 15 is 0 Å². The van der Waals surface area contributed by atoms with Crippen molar-refractivity contribution in [3.8, 4) is 0 Å². The van der Waals surface area contributed by atoms with Gasteiger partial charge < -0.3 is 4.57 Å². The molecule has 0 aliphatic heterocycles. The van der Waals surface area contributed by atoms with Gasteiger partial charge in [-0.3, -0.25) is 0 Å². The van der Waals surface area contributed by atoms with Gasteiger partial charge in [0.15, 0.2) is 0 Å². The summed E-state index contributed by atoms with van der Waals surface area (Å²) in [6.07, 6.45) is 0. The summed E-state index contributed by atoms with van der Waals surface area (Å²) in [4.78, 5) is 0. The Bertz CT molecular complexity index is 482. The Morgan fingerprint density at radius 1 is 1.43 bits per heavy atom. The van der Waals surface area contributed by atoms with Crippen molar-refractivity contribution in [1.29, 1.82) is 0 Å². The summed E-state index contributed by atoms with van der Waals surface area (Å²) in [5.41, 5.74) is 3.57. The van der Waals surface area contributed by atoms with E-state index in [9.17, 15) is 0 Å². The van der Waals surface area contributed by atoms with Gasteiger partial charge in [0.05, 0.1) is 0 Å². The molecule has 2 rings (SSSR count). The predicted octanol–water partition coefficient (Wildman–Crippen LogP) is 3.59. The average Bonchev–Trinajstić information content (AvgIpc) is 2.56. The number of alkyl halides is 1. The van der Waals surface area contributed by atoms with Gasteiger partial charge >= 0.3 is 0 Å². The van der Waals surface area contributed by atoms with Crippen molar-refractivity contribution in [3.63, 3.8) is 0 Å². The first-order valence-corrected chi connectivity index (χ1v) is 5.64. The zero-order valence-electron chi connectivity index (χ0n) is 8.13. The molecule has 0 unspecified atom stereocenters. The molecule has 0 aliphatic rings. The lowest BCUT2D eigenvalue weighted by atomic mass is 10.2. The number of halogens is 1. The number of aromatic nitrogens is 1. The first-order chi connectivity index (χ1) is 6.74. The summed E-state index contributed by atoms with van der Waals surface area (Å²) in [5.74, 6) is 0. The highest BCUT2D eigenvalue weighted by atomic mass is 79.9. The number of allylic oxidation sites excluding steroid dienone is 1. The highest BCUT2D eigenvalue weighted by molar-refractivity contribution is 9.09. The number of rotatable bonds is 2. The summed E-state index contributed by atoms with van der Waals surface area (Å²) in [6, 6.07) is 10.5. The van der Waals surface area contributed by atoms with E-state index in [2.05, 4.69) is 64.5 Å². The summed E-state index contributed by atoms with van der Waals surface area (Å²) in [5, 5.41) is 2.09. The standard InChI is InChI=1S/C12H12BrN/c1-9(8-13)12-7-10-5-3-4-6-11(10)14(12)2/h3-7H,1,8H2,2H3. The fraction of sp³-hybridized carbons (Fsp3) is 0.167. The van der Waals surface area contributed by atoms with Crippen LogP contribution in [0.4, 0.5) is 0 Å². The molecule has 1 aromatic heterocycles. The van der Waals surface area contributed by atoms with E-state index in [-0.39, 0.29) is 0 Å². The number of aryl methyl sites for hydroxylation is 1. The number of nitrogens with zero attached hydrogens (tertiary/aromatic N) is 1. The van der Waals surface area contributed by atoms with Crippen LogP contribution in [0.25, 0.3) is 16.5 Å². The van der Waals surface area contributed by atoms with Crippen molar-refractivity contribution in [1.82, 2.24) is 4.57 Å². The monoisotopic (exact) mass is 249 g/mol. The summed E-state index contributed by atoms with van der Waals surface area (Å²) >= 11 is 3.43. The Morgan fingerprint density at radius 2 is 2.14 bits per heavy atom. The van der Waals surface area contributed by atoms with Crippen molar-refractivity contribution in [2.45, 2.75) is 0 Å². The third-order valence-electron chi connectivity index (χ3n) is 2.48. The lowest BCUT2D eigenvalue weighted by Crippen LogP contribution is -1.94. The van der Waals surface area contributed by atoms with Crippen molar-refractivity contribution >= 4 is 32.4 Å². The first kappa shape index (κ1) is 9.53. The van der Waals surface area contributed by atoms with E-state index in [4.69, 9.17) is 0 Å². The molecule has 0 saturated heterocycles. The predicted molar refractivity (Wildman–Crippen MR) is 65.7 cm³/mol. The van der Waals surface area contributed by atoms with Gasteiger partial charge in [-0.25, -0.2) is 0 Å².